The van der Waals surface area contributed by atoms with Crippen molar-refractivity contribution in [2.45, 2.75) is 0 Å². The Morgan fingerprint density at radius 3 is 3.00 bits per heavy atom. The quantitative estimate of drug-likeness (QED) is 0.628. The number of hydrogen-bond donors (Lipinski definition) is 1. The van der Waals surface area contributed by atoms with Crippen LogP contribution in [0.2, 0.25) is 0 Å². The highest BCUT2D eigenvalue weighted by Crippen LogP contribution is 2.04. The summed E-state index contributed by atoms with van der Waals surface area (Å²) in [4.78, 5) is 7.58. The second-order valence-corrected chi connectivity index (χ2v) is 1.84. The molecule has 1 rings (SSSR count). The van der Waals surface area contributed by atoms with Gasteiger partial charge in [0.1, 0.15) is 6.07 Å². The molecule has 2 N–H and O–H groups in total. The van der Waals surface area contributed by atoms with Crippen LogP contribution in [-0.2, 0) is 0 Å². The van der Waals surface area contributed by atoms with Crippen LogP contribution in [0.4, 0.5) is 5.82 Å². The lowest BCUT2D eigenvalue weighted by Crippen LogP contribution is -1.98. The monoisotopic (exact) mass is 146 g/mol. The van der Waals surface area contributed by atoms with Gasteiger partial charge in [-0.1, -0.05) is 6.58 Å². The molecular formula is C7H6N4. The summed E-state index contributed by atoms with van der Waals surface area (Å²) in [5, 5.41) is 8.47. The van der Waals surface area contributed by atoms with Gasteiger partial charge in [-0.05, 0) is 6.08 Å². The Labute approximate surface area is 64.0 Å². The molecule has 0 atom stereocenters. The third-order valence-corrected chi connectivity index (χ3v) is 1.13. The van der Waals surface area contributed by atoms with Crippen LogP contribution in [0.3, 0.4) is 0 Å². The van der Waals surface area contributed by atoms with Gasteiger partial charge in [0, 0.05) is 0 Å². The van der Waals surface area contributed by atoms with Crippen LogP contribution < -0.4 is 5.73 Å². The maximum absolute atomic E-state index is 8.47. The lowest BCUT2D eigenvalue weighted by atomic mass is 10.4. The maximum atomic E-state index is 8.47. The van der Waals surface area contributed by atoms with Crippen LogP contribution in [0.15, 0.2) is 12.8 Å². The summed E-state index contributed by atoms with van der Waals surface area (Å²) in [6.45, 7) is 3.48. The van der Waals surface area contributed by atoms with Gasteiger partial charge in [0.25, 0.3) is 0 Å². The zero-order valence-corrected chi connectivity index (χ0v) is 5.78. The molecule has 1 heterocycles. The summed E-state index contributed by atoms with van der Waals surface area (Å²) in [6.07, 6.45) is 2.97. The smallest absolute Gasteiger partial charge is 0.183 e. The first-order valence-electron chi connectivity index (χ1n) is 2.93. The summed E-state index contributed by atoms with van der Waals surface area (Å²) in [5.74, 6) is 0.151. The van der Waals surface area contributed by atoms with E-state index in [4.69, 9.17) is 11.0 Å². The van der Waals surface area contributed by atoms with Crippen molar-refractivity contribution in [3.05, 3.63) is 24.2 Å². The second-order valence-electron chi connectivity index (χ2n) is 1.84. The van der Waals surface area contributed by atoms with E-state index in [0.717, 1.165) is 0 Å². The fourth-order valence-corrected chi connectivity index (χ4v) is 0.593. The number of nitrogens with zero attached hydrogens (tertiary/aromatic N) is 3. The molecule has 0 aliphatic heterocycles. The molecule has 0 radical (unpaired) electrons. The number of anilines is 1. The predicted octanol–water partition coefficient (Wildman–Crippen LogP) is 0.573. The standard InChI is InChI=1S/C7H6N4/c1-2-5-4-10-7(9)6(3-8)11-5/h2,4H,1H2,(H2,9,10). The summed E-state index contributed by atoms with van der Waals surface area (Å²) >= 11 is 0. The van der Waals surface area contributed by atoms with E-state index in [2.05, 4.69) is 16.5 Å². The van der Waals surface area contributed by atoms with Crippen molar-refractivity contribution >= 4 is 11.9 Å². The van der Waals surface area contributed by atoms with Crippen LogP contribution >= 0.6 is 0 Å². The highest BCUT2D eigenvalue weighted by molar-refractivity contribution is 5.48. The predicted molar refractivity (Wildman–Crippen MR) is 41.3 cm³/mol. The average molecular weight is 146 g/mol. The second kappa shape index (κ2) is 2.80. The zero-order chi connectivity index (χ0) is 8.27. The van der Waals surface area contributed by atoms with Crippen LogP contribution in [0.25, 0.3) is 6.08 Å². The number of nitrogen functional groups attached to an aromatic ring is 1. The number of aromatic nitrogens is 2. The molecule has 1 aromatic heterocycles. The largest absolute Gasteiger partial charge is 0.381 e. The number of nitrogens with two attached hydrogens (primary N) is 1. The normalized spacial score (nSPS) is 8.64. The number of hydrogen-bond acceptors (Lipinski definition) is 4. The van der Waals surface area contributed by atoms with E-state index in [0.29, 0.717) is 5.69 Å². The van der Waals surface area contributed by atoms with Crippen molar-refractivity contribution in [2.75, 3.05) is 5.73 Å². The lowest BCUT2D eigenvalue weighted by Gasteiger charge is -1.95. The fourth-order valence-electron chi connectivity index (χ4n) is 0.593. The molecular weight excluding hydrogens is 140 g/mol. The minimum Gasteiger partial charge on any atom is -0.381 e. The molecule has 4 heteroatoms. The summed E-state index contributed by atoms with van der Waals surface area (Å²) in [5.41, 5.74) is 6.02. The molecule has 0 saturated heterocycles. The van der Waals surface area contributed by atoms with Crippen LogP contribution in [-0.4, -0.2) is 9.97 Å². The van der Waals surface area contributed by atoms with E-state index in [1.54, 1.807) is 0 Å². The van der Waals surface area contributed by atoms with E-state index < -0.39 is 0 Å². The first-order chi connectivity index (χ1) is 5.27. The summed E-state index contributed by atoms with van der Waals surface area (Å²) in [7, 11) is 0. The van der Waals surface area contributed by atoms with E-state index in [1.807, 2.05) is 6.07 Å². The Morgan fingerprint density at radius 2 is 2.45 bits per heavy atom. The van der Waals surface area contributed by atoms with Crippen molar-refractivity contribution in [1.82, 2.24) is 9.97 Å². The van der Waals surface area contributed by atoms with Gasteiger partial charge in [0.05, 0.1) is 11.9 Å². The molecule has 1 aromatic rings. The van der Waals surface area contributed by atoms with Gasteiger partial charge in [-0.25, -0.2) is 9.97 Å². The molecule has 54 valence electrons. The van der Waals surface area contributed by atoms with Crippen LogP contribution in [0, 0.1) is 11.3 Å². The lowest BCUT2D eigenvalue weighted by molar-refractivity contribution is 1.16. The van der Waals surface area contributed by atoms with Crippen LogP contribution in [0.5, 0.6) is 0 Å². The summed E-state index contributed by atoms with van der Waals surface area (Å²) < 4.78 is 0. The first kappa shape index (κ1) is 7.22. The molecule has 0 aliphatic carbocycles. The van der Waals surface area contributed by atoms with Gasteiger partial charge in [0.15, 0.2) is 11.5 Å². The zero-order valence-electron chi connectivity index (χ0n) is 5.78. The van der Waals surface area contributed by atoms with Gasteiger partial charge < -0.3 is 5.73 Å². The molecule has 0 saturated carbocycles. The van der Waals surface area contributed by atoms with Crippen molar-refractivity contribution in [1.29, 1.82) is 5.26 Å². The molecule has 0 fully saturated rings. The molecule has 0 aliphatic rings. The highest BCUT2D eigenvalue weighted by Gasteiger charge is 1.99. The molecule has 0 bridgehead atoms. The molecule has 0 aromatic carbocycles. The SMILES string of the molecule is C=Cc1cnc(N)c(C#N)n1. The third kappa shape index (κ3) is 1.33. The molecule has 4 nitrogen and oxygen atoms in total. The van der Waals surface area contributed by atoms with E-state index in [1.165, 1.54) is 12.3 Å². The van der Waals surface area contributed by atoms with Crippen molar-refractivity contribution in [2.24, 2.45) is 0 Å². The molecule has 0 unspecified atom stereocenters. The Morgan fingerprint density at radius 1 is 1.73 bits per heavy atom. The van der Waals surface area contributed by atoms with E-state index >= 15 is 0 Å². The van der Waals surface area contributed by atoms with Gasteiger partial charge in [-0.15, -0.1) is 0 Å². The Hall–Kier alpha value is -1.89. The average Bonchev–Trinajstić information content (AvgIpc) is 2.05. The maximum Gasteiger partial charge on any atom is 0.183 e. The van der Waals surface area contributed by atoms with Gasteiger partial charge in [0.2, 0.25) is 0 Å². The van der Waals surface area contributed by atoms with Gasteiger partial charge >= 0.3 is 0 Å². The molecule has 11 heavy (non-hydrogen) atoms. The number of nitriles is 1. The Balaban J connectivity index is 3.25. The van der Waals surface area contributed by atoms with Crippen molar-refractivity contribution in [3.8, 4) is 6.07 Å². The van der Waals surface area contributed by atoms with Crippen molar-refractivity contribution < 1.29 is 0 Å². The molecule has 0 amide bonds. The minimum atomic E-state index is 0.141. The third-order valence-electron chi connectivity index (χ3n) is 1.13. The molecule has 0 spiro atoms. The van der Waals surface area contributed by atoms with E-state index in [-0.39, 0.29) is 11.5 Å². The summed E-state index contributed by atoms with van der Waals surface area (Å²) in [6, 6.07) is 1.82. The highest BCUT2D eigenvalue weighted by atomic mass is 14.9. The minimum absolute atomic E-state index is 0.141. The fraction of sp³-hybridized carbons (Fsp3) is 0. The van der Waals surface area contributed by atoms with Gasteiger partial charge in [-0.3, -0.25) is 0 Å². The van der Waals surface area contributed by atoms with E-state index in [9.17, 15) is 0 Å². The first-order valence-corrected chi connectivity index (χ1v) is 2.93. The van der Waals surface area contributed by atoms with Gasteiger partial charge in [-0.2, -0.15) is 5.26 Å². The van der Waals surface area contributed by atoms with Crippen molar-refractivity contribution in [3.63, 3.8) is 0 Å². The Kier molecular flexibility index (Phi) is 1.83. The number of rotatable bonds is 1. The topological polar surface area (TPSA) is 75.6 Å². The Bertz CT molecular complexity index is 324. The van der Waals surface area contributed by atoms with Crippen LogP contribution in [0.1, 0.15) is 11.4 Å².